The number of hydrogen-bond acceptors (Lipinski definition) is 2. The number of amides is 2. The van der Waals surface area contributed by atoms with Crippen LogP contribution in [0.3, 0.4) is 0 Å². The van der Waals surface area contributed by atoms with Gasteiger partial charge in [-0.2, -0.15) is 0 Å². The summed E-state index contributed by atoms with van der Waals surface area (Å²) in [7, 11) is 3.35. The van der Waals surface area contributed by atoms with Crippen molar-refractivity contribution in [3.05, 3.63) is 0 Å². The van der Waals surface area contributed by atoms with Gasteiger partial charge in [-0.1, -0.05) is 6.92 Å². The Labute approximate surface area is 79.3 Å². The lowest BCUT2D eigenvalue weighted by atomic mass is 10.1. The minimum Gasteiger partial charge on any atom is -0.359 e. The smallest absolute Gasteiger partial charge is 0.222 e. The second-order valence-electron chi connectivity index (χ2n) is 3.24. The Hall–Kier alpha value is -1.06. The molecule has 0 bridgehead atoms. The number of nitrogens with zero attached hydrogens (tertiary/aromatic N) is 1. The molecule has 0 aliphatic rings. The first-order valence-electron chi connectivity index (χ1n) is 4.42. The molecule has 1 N–H and O–H groups in total. The van der Waals surface area contributed by atoms with Crippen LogP contribution in [0.2, 0.25) is 0 Å². The molecule has 0 spiro atoms. The molecule has 0 aliphatic carbocycles. The van der Waals surface area contributed by atoms with Crippen LogP contribution in [0.25, 0.3) is 0 Å². The largest absolute Gasteiger partial charge is 0.359 e. The third-order valence-corrected chi connectivity index (χ3v) is 2.13. The van der Waals surface area contributed by atoms with E-state index in [0.29, 0.717) is 13.0 Å². The van der Waals surface area contributed by atoms with Gasteiger partial charge < -0.3 is 10.2 Å². The zero-order chi connectivity index (χ0) is 10.4. The third kappa shape index (κ3) is 4.50. The van der Waals surface area contributed by atoms with E-state index in [2.05, 4.69) is 5.32 Å². The van der Waals surface area contributed by atoms with Crippen molar-refractivity contribution in [2.24, 2.45) is 5.92 Å². The van der Waals surface area contributed by atoms with Gasteiger partial charge in [0.05, 0.1) is 0 Å². The fourth-order valence-corrected chi connectivity index (χ4v) is 0.922. The van der Waals surface area contributed by atoms with E-state index in [0.717, 1.165) is 0 Å². The Morgan fingerprint density at radius 3 is 2.38 bits per heavy atom. The molecule has 0 fully saturated rings. The summed E-state index contributed by atoms with van der Waals surface area (Å²) in [6, 6.07) is 0. The third-order valence-electron chi connectivity index (χ3n) is 2.13. The molecule has 0 radical (unpaired) electrons. The standard InChI is InChI=1S/C9H18N2O2/c1-7(9(13)10-3)5-6-11(4)8(2)12/h7H,5-6H2,1-4H3,(H,10,13). The Morgan fingerprint density at radius 1 is 1.46 bits per heavy atom. The molecule has 0 aromatic rings. The van der Waals surface area contributed by atoms with Crippen LogP contribution in [0.5, 0.6) is 0 Å². The van der Waals surface area contributed by atoms with Crippen LogP contribution in [-0.4, -0.2) is 37.4 Å². The van der Waals surface area contributed by atoms with Gasteiger partial charge in [-0.25, -0.2) is 0 Å². The molecule has 0 saturated heterocycles. The van der Waals surface area contributed by atoms with E-state index < -0.39 is 0 Å². The first kappa shape index (κ1) is 11.9. The van der Waals surface area contributed by atoms with E-state index in [1.54, 1.807) is 19.0 Å². The lowest BCUT2D eigenvalue weighted by molar-refractivity contribution is -0.129. The monoisotopic (exact) mass is 186 g/mol. The van der Waals surface area contributed by atoms with Crippen molar-refractivity contribution in [3.8, 4) is 0 Å². The molecule has 0 aromatic carbocycles. The summed E-state index contributed by atoms with van der Waals surface area (Å²) in [5, 5.41) is 2.58. The van der Waals surface area contributed by atoms with Crippen LogP contribution in [0, 0.1) is 5.92 Å². The van der Waals surface area contributed by atoms with Gasteiger partial charge >= 0.3 is 0 Å². The summed E-state index contributed by atoms with van der Waals surface area (Å²) in [4.78, 5) is 23.5. The average Bonchev–Trinajstić information content (AvgIpc) is 2.11. The van der Waals surface area contributed by atoms with Gasteiger partial charge in [0.2, 0.25) is 11.8 Å². The lowest BCUT2D eigenvalue weighted by Gasteiger charge is -2.17. The SMILES string of the molecule is CNC(=O)C(C)CCN(C)C(C)=O. The second-order valence-corrected chi connectivity index (χ2v) is 3.24. The lowest BCUT2D eigenvalue weighted by Crippen LogP contribution is -2.31. The van der Waals surface area contributed by atoms with Gasteiger partial charge in [-0.05, 0) is 6.42 Å². The Balaban J connectivity index is 3.76. The molecule has 0 rings (SSSR count). The molecule has 2 amide bonds. The Kier molecular flexibility index (Phi) is 5.11. The maximum absolute atomic E-state index is 11.1. The molecule has 4 heteroatoms. The van der Waals surface area contributed by atoms with Crippen LogP contribution in [0.15, 0.2) is 0 Å². The molecule has 4 nitrogen and oxygen atoms in total. The fraction of sp³-hybridized carbons (Fsp3) is 0.778. The molecule has 0 heterocycles. The highest BCUT2D eigenvalue weighted by Crippen LogP contribution is 2.02. The summed E-state index contributed by atoms with van der Waals surface area (Å²) in [5.74, 6) is 0.0212. The predicted octanol–water partition coefficient (Wildman–Crippen LogP) is 0.237. The van der Waals surface area contributed by atoms with Crippen LogP contribution in [0.1, 0.15) is 20.3 Å². The maximum Gasteiger partial charge on any atom is 0.222 e. The summed E-state index contributed by atoms with van der Waals surface area (Å²) in [5.41, 5.74) is 0. The number of carbonyl (C=O) groups is 2. The molecule has 1 unspecified atom stereocenters. The van der Waals surface area contributed by atoms with E-state index in [9.17, 15) is 9.59 Å². The highest BCUT2D eigenvalue weighted by molar-refractivity contribution is 5.78. The maximum atomic E-state index is 11.1. The van der Waals surface area contributed by atoms with Crippen molar-refractivity contribution in [1.29, 1.82) is 0 Å². The van der Waals surface area contributed by atoms with Crippen LogP contribution >= 0.6 is 0 Å². The summed E-state index contributed by atoms with van der Waals surface area (Å²) < 4.78 is 0. The van der Waals surface area contributed by atoms with E-state index in [4.69, 9.17) is 0 Å². The number of carbonyl (C=O) groups excluding carboxylic acids is 2. The van der Waals surface area contributed by atoms with Crippen LogP contribution < -0.4 is 5.32 Å². The van der Waals surface area contributed by atoms with Crippen LogP contribution in [0.4, 0.5) is 0 Å². The predicted molar refractivity (Wildman–Crippen MR) is 51.2 cm³/mol. The van der Waals surface area contributed by atoms with Crippen molar-refractivity contribution in [3.63, 3.8) is 0 Å². The first-order valence-corrected chi connectivity index (χ1v) is 4.42. The second kappa shape index (κ2) is 5.56. The molecule has 0 aliphatic heterocycles. The van der Waals surface area contributed by atoms with E-state index in [-0.39, 0.29) is 17.7 Å². The minimum atomic E-state index is -0.0354. The van der Waals surface area contributed by atoms with Crippen molar-refractivity contribution in [2.75, 3.05) is 20.6 Å². The number of rotatable bonds is 4. The van der Waals surface area contributed by atoms with E-state index >= 15 is 0 Å². The normalized spacial score (nSPS) is 12.0. The molecular weight excluding hydrogens is 168 g/mol. The average molecular weight is 186 g/mol. The van der Waals surface area contributed by atoms with Gasteiger partial charge in [0, 0.05) is 33.5 Å². The van der Waals surface area contributed by atoms with Gasteiger partial charge in [0.15, 0.2) is 0 Å². The topological polar surface area (TPSA) is 49.4 Å². The van der Waals surface area contributed by atoms with E-state index in [1.807, 2.05) is 6.92 Å². The van der Waals surface area contributed by atoms with E-state index in [1.165, 1.54) is 6.92 Å². The molecule has 0 aromatic heterocycles. The summed E-state index contributed by atoms with van der Waals surface area (Å²) in [6.07, 6.45) is 0.704. The molecular formula is C9H18N2O2. The zero-order valence-electron chi connectivity index (χ0n) is 8.76. The van der Waals surface area contributed by atoms with Gasteiger partial charge in [-0.3, -0.25) is 9.59 Å². The Morgan fingerprint density at radius 2 is 2.00 bits per heavy atom. The molecule has 1 atom stereocenters. The zero-order valence-corrected chi connectivity index (χ0v) is 8.76. The number of hydrogen-bond donors (Lipinski definition) is 1. The van der Waals surface area contributed by atoms with Crippen LogP contribution in [-0.2, 0) is 9.59 Å². The van der Waals surface area contributed by atoms with Crippen molar-refractivity contribution in [2.45, 2.75) is 20.3 Å². The van der Waals surface area contributed by atoms with Crippen molar-refractivity contribution >= 4 is 11.8 Å². The summed E-state index contributed by atoms with van der Waals surface area (Å²) in [6.45, 7) is 4.00. The first-order chi connectivity index (χ1) is 5.99. The quantitative estimate of drug-likeness (QED) is 0.683. The van der Waals surface area contributed by atoms with Crippen molar-refractivity contribution in [1.82, 2.24) is 10.2 Å². The fourth-order valence-electron chi connectivity index (χ4n) is 0.922. The number of nitrogens with one attached hydrogen (secondary N) is 1. The minimum absolute atomic E-state index is 0.0250. The highest BCUT2D eigenvalue weighted by Gasteiger charge is 2.12. The van der Waals surface area contributed by atoms with Crippen molar-refractivity contribution < 1.29 is 9.59 Å². The Bertz CT molecular complexity index is 192. The molecule has 13 heavy (non-hydrogen) atoms. The molecule has 0 saturated carbocycles. The highest BCUT2D eigenvalue weighted by atomic mass is 16.2. The summed E-state index contributed by atoms with van der Waals surface area (Å²) >= 11 is 0. The molecule has 76 valence electrons. The van der Waals surface area contributed by atoms with Gasteiger partial charge in [-0.15, -0.1) is 0 Å². The van der Waals surface area contributed by atoms with Gasteiger partial charge in [0.1, 0.15) is 0 Å². The van der Waals surface area contributed by atoms with Gasteiger partial charge in [0.25, 0.3) is 0 Å².